The van der Waals surface area contributed by atoms with Crippen LogP contribution < -0.4 is 5.32 Å². The molecular formula is C18H26N4O. The van der Waals surface area contributed by atoms with Crippen LogP contribution in [0.4, 0.5) is 0 Å². The predicted octanol–water partition coefficient (Wildman–Crippen LogP) is 3.09. The van der Waals surface area contributed by atoms with Crippen molar-refractivity contribution < 1.29 is 4.52 Å². The highest BCUT2D eigenvalue weighted by molar-refractivity contribution is 5.53. The molecule has 0 unspecified atom stereocenters. The molecule has 2 heterocycles. The van der Waals surface area contributed by atoms with E-state index in [2.05, 4.69) is 27.3 Å². The van der Waals surface area contributed by atoms with E-state index >= 15 is 0 Å². The molecule has 0 aliphatic carbocycles. The maximum atomic E-state index is 5.34. The first-order valence-electron chi connectivity index (χ1n) is 8.65. The van der Waals surface area contributed by atoms with Crippen molar-refractivity contribution in [3.8, 4) is 11.4 Å². The number of nitrogens with one attached hydrogen (secondary N) is 1. The summed E-state index contributed by atoms with van der Waals surface area (Å²) in [5.74, 6) is 1.30. The fourth-order valence-corrected chi connectivity index (χ4v) is 3.06. The number of aromatic nitrogens is 2. The van der Waals surface area contributed by atoms with Gasteiger partial charge in [-0.2, -0.15) is 4.98 Å². The molecule has 1 saturated heterocycles. The van der Waals surface area contributed by atoms with Crippen molar-refractivity contribution >= 4 is 0 Å². The first-order valence-corrected chi connectivity index (χ1v) is 8.65. The van der Waals surface area contributed by atoms with Crippen LogP contribution in [0.3, 0.4) is 0 Å². The van der Waals surface area contributed by atoms with E-state index < -0.39 is 0 Å². The molecule has 0 spiro atoms. The molecule has 1 aromatic heterocycles. The number of rotatable bonds is 6. The van der Waals surface area contributed by atoms with Crippen LogP contribution in [0.25, 0.3) is 11.4 Å². The Balaban J connectivity index is 1.47. The van der Waals surface area contributed by atoms with Crippen molar-refractivity contribution in [3.05, 3.63) is 36.2 Å². The number of nitrogens with zero attached hydrogens (tertiary/aromatic N) is 3. The Morgan fingerprint density at radius 2 is 1.87 bits per heavy atom. The molecule has 0 saturated carbocycles. The molecule has 1 atom stereocenters. The van der Waals surface area contributed by atoms with Crippen molar-refractivity contribution in [3.63, 3.8) is 0 Å². The second-order valence-corrected chi connectivity index (χ2v) is 6.37. The third-order valence-electron chi connectivity index (χ3n) is 4.33. The Kier molecular flexibility index (Phi) is 5.77. The molecule has 5 heteroatoms. The van der Waals surface area contributed by atoms with Gasteiger partial charge < -0.3 is 14.7 Å². The Morgan fingerprint density at radius 1 is 1.13 bits per heavy atom. The van der Waals surface area contributed by atoms with Crippen LogP contribution in [0.5, 0.6) is 0 Å². The maximum absolute atomic E-state index is 5.34. The summed E-state index contributed by atoms with van der Waals surface area (Å²) in [6.07, 6.45) is 5.42. The van der Waals surface area contributed by atoms with Gasteiger partial charge in [-0.15, -0.1) is 0 Å². The first kappa shape index (κ1) is 16.1. The van der Waals surface area contributed by atoms with Crippen LogP contribution in [0.2, 0.25) is 0 Å². The molecule has 124 valence electrons. The third-order valence-corrected chi connectivity index (χ3v) is 4.33. The third kappa shape index (κ3) is 4.88. The summed E-state index contributed by atoms with van der Waals surface area (Å²) >= 11 is 0. The second kappa shape index (κ2) is 8.22. The van der Waals surface area contributed by atoms with Crippen LogP contribution in [0.15, 0.2) is 34.9 Å². The lowest BCUT2D eigenvalue weighted by molar-refractivity contribution is 0.251. The smallest absolute Gasteiger partial charge is 0.240 e. The molecule has 1 aromatic carbocycles. The summed E-state index contributed by atoms with van der Waals surface area (Å²) in [6, 6.07) is 10.3. The Morgan fingerprint density at radius 3 is 2.61 bits per heavy atom. The van der Waals surface area contributed by atoms with Crippen molar-refractivity contribution in [2.75, 3.05) is 19.6 Å². The standard InChI is InChI=1S/C18H26N4O/c1-15(14-22-11-7-2-3-8-12-22)19-13-17-20-18(21-23-17)16-9-5-4-6-10-16/h4-6,9-10,15,19H,2-3,7-8,11-14H2,1H3/t15-/m0/s1. The van der Waals surface area contributed by atoms with Gasteiger partial charge in [-0.05, 0) is 32.9 Å². The molecule has 0 radical (unpaired) electrons. The van der Waals surface area contributed by atoms with Gasteiger partial charge in [0.1, 0.15) is 0 Å². The lowest BCUT2D eigenvalue weighted by Gasteiger charge is -2.24. The molecule has 1 aliphatic heterocycles. The van der Waals surface area contributed by atoms with E-state index in [0.29, 0.717) is 24.3 Å². The molecule has 23 heavy (non-hydrogen) atoms. The minimum atomic E-state index is 0.417. The quantitative estimate of drug-likeness (QED) is 0.888. The lowest BCUT2D eigenvalue weighted by Crippen LogP contribution is -2.39. The highest BCUT2D eigenvalue weighted by atomic mass is 16.5. The summed E-state index contributed by atoms with van der Waals surface area (Å²) < 4.78 is 5.34. The molecule has 2 aromatic rings. The number of benzene rings is 1. The number of hydrogen-bond donors (Lipinski definition) is 1. The van der Waals surface area contributed by atoms with Gasteiger partial charge >= 0.3 is 0 Å². The molecule has 1 fully saturated rings. The van der Waals surface area contributed by atoms with Gasteiger partial charge in [0.25, 0.3) is 0 Å². The maximum Gasteiger partial charge on any atom is 0.240 e. The van der Waals surface area contributed by atoms with E-state index in [0.717, 1.165) is 12.1 Å². The van der Waals surface area contributed by atoms with Crippen molar-refractivity contribution in [1.82, 2.24) is 20.4 Å². The van der Waals surface area contributed by atoms with E-state index in [1.54, 1.807) is 0 Å². The summed E-state index contributed by atoms with van der Waals surface area (Å²) in [5.41, 5.74) is 0.986. The van der Waals surface area contributed by atoms with E-state index in [9.17, 15) is 0 Å². The lowest BCUT2D eigenvalue weighted by atomic mass is 10.2. The van der Waals surface area contributed by atoms with Gasteiger partial charge in [0.15, 0.2) is 0 Å². The van der Waals surface area contributed by atoms with Crippen molar-refractivity contribution in [2.45, 2.75) is 45.2 Å². The molecular weight excluding hydrogens is 288 g/mol. The van der Waals surface area contributed by atoms with E-state index in [-0.39, 0.29) is 0 Å². The topological polar surface area (TPSA) is 54.2 Å². The summed E-state index contributed by atoms with van der Waals surface area (Å²) in [7, 11) is 0. The summed E-state index contributed by atoms with van der Waals surface area (Å²) in [6.45, 7) is 6.38. The van der Waals surface area contributed by atoms with Gasteiger partial charge in [-0.1, -0.05) is 48.3 Å². The molecule has 0 bridgehead atoms. The largest absolute Gasteiger partial charge is 0.338 e. The van der Waals surface area contributed by atoms with E-state index in [1.165, 1.54) is 38.8 Å². The second-order valence-electron chi connectivity index (χ2n) is 6.37. The fraction of sp³-hybridized carbons (Fsp3) is 0.556. The Bertz CT molecular complexity index is 576. The van der Waals surface area contributed by atoms with Gasteiger partial charge in [0.05, 0.1) is 6.54 Å². The zero-order valence-corrected chi connectivity index (χ0v) is 13.9. The Labute approximate surface area is 138 Å². The Hall–Kier alpha value is -1.72. The van der Waals surface area contributed by atoms with Gasteiger partial charge in [-0.25, -0.2) is 0 Å². The SMILES string of the molecule is C[C@@H](CN1CCCCCC1)NCc1nc(-c2ccccc2)no1. The number of hydrogen-bond acceptors (Lipinski definition) is 5. The van der Waals surface area contributed by atoms with Crippen LogP contribution in [-0.2, 0) is 6.54 Å². The predicted molar refractivity (Wildman–Crippen MR) is 90.9 cm³/mol. The van der Waals surface area contributed by atoms with Gasteiger partial charge in [0.2, 0.25) is 11.7 Å². The van der Waals surface area contributed by atoms with Crippen LogP contribution in [0.1, 0.15) is 38.5 Å². The average Bonchev–Trinajstić information content (AvgIpc) is 2.91. The highest BCUT2D eigenvalue weighted by Crippen LogP contribution is 2.15. The molecule has 5 nitrogen and oxygen atoms in total. The van der Waals surface area contributed by atoms with Crippen LogP contribution >= 0.6 is 0 Å². The minimum Gasteiger partial charge on any atom is -0.338 e. The molecule has 0 amide bonds. The monoisotopic (exact) mass is 314 g/mol. The highest BCUT2D eigenvalue weighted by Gasteiger charge is 2.14. The molecule has 3 rings (SSSR count). The number of likely N-dealkylation sites (tertiary alicyclic amines) is 1. The van der Waals surface area contributed by atoms with Crippen molar-refractivity contribution in [2.24, 2.45) is 0 Å². The molecule has 1 aliphatic rings. The average molecular weight is 314 g/mol. The first-order chi connectivity index (χ1) is 11.3. The van der Waals surface area contributed by atoms with Gasteiger partial charge in [0, 0.05) is 18.2 Å². The fourth-order valence-electron chi connectivity index (χ4n) is 3.06. The van der Waals surface area contributed by atoms with E-state index in [4.69, 9.17) is 4.52 Å². The van der Waals surface area contributed by atoms with Gasteiger partial charge in [-0.3, -0.25) is 0 Å². The minimum absolute atomic E-state index is 0.417. The van der Waals surface area contributed by atoms with Crippen LogP contribution in [-0.4, -0.2) is 40.7 Å². The van der Waals surface area contributed by atoms with E-state index in [1.807, 2.05) is 30.3 Å². The zero-order valence-electron chi connectivity index (χ0n) is 13.9. The van der Waals surface area contributed by atoms with Crippen LogP contribution in [0, 0.1) is 0 Å². The zero-order chi connectivity index (χ0) is 15.9. The molecule has 1 N–H and O–H groups in total. The normalized spacial score (nSPS) is 17.8. The van der Waals surface area contributed by atoms with Crippen molar-refractivity contribution in [1.29, 1.82) is 0 Å². The summed E-state index contributed by atoms with van der Waals surface area (Å²) in [5, 5.41) is 7.55. The summed E-state index contributed by atoms with van der Waals surface area (Å²) in [4.78, 5) is 7.02.